The van der Waals surface area contributed by atoms with Crippen LogP contribution in [-0.4, -0.2) is 42.1 Å². The molecule has 0 aliphatic carbocycles. The van der Waals surface area contributed by atoms with Crippen molar-refractivity contribution in [2.24, 2.45) is 11.8 Å². The number of nitrogens with two attached hydrogens (primary N) is 1. The number of nitrogens with zero attached hydrogens (tertiary/aromatic N) is 1. The van der Waals surface area contributed by atoms with Gasteiger partial charge in [0.05, 0.1) is 29.1 Å². The monoisotopic (exact) mass is 357 g/mol. The predicted molar refractivity (Wildman–Crippen MR) is 90.9 cm³/mol. The molecule has 3 rings (SSSR count). The number of benzene rings is 1. The Bertz CT molecular complexity index is 580. The molecule has 0 radical (unpaired) electrons. The maximum atomic E-state index is 12.4. The minimum absolute atomic E-state index is 0.208. The molecule has 3 N–H and O–H groups in total. The van der Waals surface area contributed by atoms with Gasteiger partial charge in [-0.25, -0.2) is 0 Å². The Morgan fingerprint density at radius 3 is 2.57 bits per heavy atom. The summed E-state index contributed by atoms with van der Waals surface area (Å²) in [5.41, 5.74) is 0.842. The van der Waals surface area contributed by atoms with Crippen molar-refractivity contribution in [3.63, 3.8) is 0 Å². The highest BCUT2D eigenvalue weighted by atomic mass is 35.5. The molecule has 1 atom stereocenters. The topological polar surface area (TPSA) is 57.2 Å². The van der Waals surface area contributed by atoms with Gasteiger partial charge in [0.25, 0.3) is 0 Å². The number of hydrogen-bond acceptors (Lipinski definition) is 2. The number of carbonyl (C=O) groups is 1. The van der Waals surface area contributed by atoms with Gasteiger partial charge in [0, 0.05) is 25.6 Å². The van der Waals surface area contributed by atoms with E-state index < -0.39 is 0 Å². The summed E-state index contributed by atoms with van der Waals surface area (Å²) in [5.74, 6) is 1.22. The molecule has 2 saturated heterocycles. The van der Waals surface area contributed by atoms with E-state index in [9.17, 15) is 9.90 Å². The molecular formula is C17H23Cl2N2O2+. The van der Waals surface area contributed by atoms with Crippen LogP contribution in [0.1, 0.15) is 24.8 Å². The van der Waals surface area contributed by atoms with Gasteiger partial charge in [-0.05, 0) is 36.8 Å². The van der Waals surface area contributed by atoms with E-state index in [0.29, 0.717) is 21.9 Å². The van der Waals surface area contributed by atoms with Crippen LogP contribution in [-0.2, 0) is 11.2 Å². The van der Waals surface area contributed by atoms with Gasteiger partial charge in [0.1, 0.15) is 5.75 Å². The number of hydrogen-bond donors (Lipinski definition) is 2. The third kappa shape index (κ3) is 3.93. The summed E-state index contributed by atoms with van der Waals surface area (Å²) >= 11 is 11.9. The number of likely N-dealkylation sites (tertiary alicyclic amines) is 1. The smallest absolute Gasteiger partial charge is 0.231 e. The molecule has 23 heavy (non-hydrogen) atoms. The van der Waals surface area contributed by atoms with E-state index in [2.05, 4.69) is 5.32 Å². The van der Waals surface area contributed by atoms with E-state index in [1.807, 2.05) is 4.90 Å². The standard InChI is InChI=1S/C17H22Cl2N2O2/c18-14-8-13(16(22)9-15(14)19)7-11-2-5-21(6-3-11)17(23)12-1-4-20-10-12/h8-9,11-12,20,22H,1-7,10H2/p+1. The Balaban J connectivity index is 1.55. The molecule has 2 fully saturated rings. The first-order valence-corrected chi connectivity index (χ1v) is 9.07. The zero-order valence-corrected chi connectivity index (χ0v) is 14.6. The zero-order chi connectivity index (χ0) is 16.4. The van der Waals surface area contributed by atoms with Crippen molar-refractivity contribution < 1.29 is 15.2 Å². The molecule has 0 bridgehead atoms. The highest BCUT2D eigenvalue weighted by Crippen LogP contribution is 2.33. The SMILES string of the molecule is O=C(C1CC[NH2+]C1)N1CCC(Cc2cc(Cl)c(Cl)cc2O)CC1. The average molecular weight is 358 g/mol. The highest BCUT2D eigenvalue weighted by Gasteiger charge is 2.32. The van der Waals surface area contributed by atoms with Crippen molar-refractivity contribution in [1.29, 1.82) is 0 Å². The molecule has 0 aromatic heterocycles. The number of aromatic hydroxyl groups is 1. The number of amides is 1. The van der Waals surface area contributed by atoms with Gasteiger partial charge in [-0.2, -0.15) is 0 Å². The van der Waals surface area contributed by atoms with Crippen molar-refractivity contribution in [1.82, 2.24) is 4.90 Å². The van der Waals surface area contributed by atoms with Gasteiger partial charge in [-0.1, -0.05) is 23.2 Å². The average Bonchev–Trinajstić information content (AvgIpc) is 3.07. The summed E-state index contributed by atoms with van der Waals surface area (Å²) in [5, 5.41) is 13.1. The van der Waals surface area contributed by atoms with Crippen molar-refractivity contribution >= 4 is 29.1 Å². The first-order valence-electron chi connectivity index (χ1n) is 8.32. The first kappa shape index (κ1) is 16.9. The lowest BCUT2D eigenvalue weighted by Crippen LogP contribution is -2.81. The van der Waals surface area contributed by atoms with Gasteiger partial charge in [0.2, 0.25) is 5.91 Å². The Morgan fingerprint density at radius 1 is 1.22 bits per heavy atom. The molecule has 6 heteroatoms. The van der Waals surface area contributed by atoms with Crippen LogP contribution in [0, 0.1) is 11.8 Å². The molecule has 126 valence electrons. The van der Waals surface area contributed by atoms with E-state index in [1.54, 1.807) is 6.07 Å². The predicted octanol–water partition coefficient (Wildman–Crippen LogP) is 2.06. The quantitative estimate of drug-likeness (QED) is 0.869. The number of phenols is 1. The minimum Gasteiger partial charge on any atom is -0.508 e. The van der Waals surface area contributed by atoms with Crippen LogP contribution in [0.5, 0.6) is 5.75 Å². The molecule has 2 aliphatic heterocycles. The van der Waals surface area contributed by atoms with Crippen LogP contribution in [0.15, 0.2) is 12.1 Å². The van der Waals surface area contributed by atoms with Gasteiger partial charge in [-0.15, -0.1) is 0 Å². The van der Waals surface area contributed by atoms with Crippen LogP contribution >= 0.6 is 23.2 Å². The van der Waals surface area contributed by atoms with E-state index in [4.69, 9.17) is 23.2 Å². The minimum atomic E-state index is 0.208. The lowest BCUT2D eigenvalue weighted by Gasteiger charge is -2.33. The number of halogens is 2. The van der Waals surface area contributed by atoms with E-state index in [-0.39, 0.29) is 11.7 Å². The second kappa shape index (κ2) is 7.29. The van der Waals surface area contributed by atoms with Crippen LogP contribution < -0.4 is 5.32 Å². The van der Waals surface area contributed by atoms with Gasteiger partial charge in [0.15, 0.2) is 0 Å². The van der Waals surface area contributed by atoms with Crippen LogP contribution in [0.4, 0.5) is 0 Å². The molecule has 1 amide bonds. The number of quaternary nitrogens is 1. The molecule has 0 spiro atoms. The third-order valence-electron chi connectivity index (χ3n) is 5.08. The van der Waals surface area contributed by atoms with Gasteiger partial charge >= 0.3 is 0 Å². The van der Waals surface area contributed by atoms with Crippen molar-refractivity contribution in [2.75, 3.05) is 26.2 Å². The maximum absolute atomic E-state index is 12.4. The largest absolute Gasteiger partial charge is 0.508 e. The summed E-state index contributed by atoms with van der Waals surface area (Å²) in [4.78, 5) is 14.5. The Morgan fingerprint density at radius 2 is 1.91 bits per heavy atom. The number of phenolic OH excluding ortho intramolecular Hbond substituents is 1. The number of piperidine rings is 1. The molecular weight excluding hydrogens is 335 g/mol. The van der Waals surface area contributed by atoms with E-state index in [1.165, 1.54) is 6.07 Å². The number of carbonyl (C=O) groups excluding carboxylic acids is 1. The molecule has 1 aromatic rings. The van der Waals surface area contributed by atoms with Gasteiger partial charge < -0.3 is 15.3 Å². The maximum Gasteiger partial charge on any atom is 0.231 e. The molecule has 2 heterocycles. The Hall–Kier alpha value is -0.970. The fraction of sp³-hybridized carbons (Fsp3) is 0.588. The summed E-state index contributed by atoms with van der Waals surface area (Å²) in [6.07, 6.45) is 3.74. The van der Waals surface area contributed by atoms with Gasteiger partial charge in [-0.3, -0.25) is 4.79 Å². The summed E-state index contributed by atoms with van der Waals surface area (Å²) in [6.45, 7) is 3.66. The lowest BCUT2D eigenvalue weighted by atomic mass is 9.89. The highest BCUT2D eigenvalue weighted by molar-refractivity contribution is 6.42. The fourth-order valence-corrected chi connectivity index (χ4v) is 3.99. The lowest BCUT2D eigenvalue weighted by molar-refractivity contribution is -0.637. The van der Waals surface area contributed by atoms with E-state index >= 15 is 0 Å². The summed E-state index contributed by atoms with van der Waals surface area (Å²) < 4.78 is 0. The second-order valence-electron chi connectivity index (χ2n) is 6.67. The first-order chi connectivity index (χ1) is 11.0. The van der Waals surface area contributed by atoms with Crippen LogP contribution in [0.25, 0.3) is 0 Å². The number of rotatable bonds is 3. The van der Waals surface area contributed by atoms with Crippen LogP contribution in [0.2, 0.25) is 10.0 Å². The fourth-order valence-electron chi connectivity index (χ4n) is 3.65. The Kier molecular flexibility index (Phi) is 5.34. The molecule has 1 unspecified atom stereocenters. The molecule has 0 saturated carbocycles. The summed E-state index contributed by atoms with van der Waals surface area (Å²) in [6, 6.07) is 3.26. The second-order valence-corrected chi connectivity index (χ2v) is 7.48. The molecule has 1 aromatic carbocycles. The van der Waals surface area contributed by atoms with E-state index in [0.717, 1.165) is 57.4 Å². The normalized spacial score (nSPS) is 22.5. The Labute approximate surface area is 146 Å². The summed E-state index contributed by atoms with van der Waals surface area (Å²) in [7, 11) is 0. The van der Waals surface area contributed by atoms with Crippen molar-refractivity contribution in [2.45, 2.75) is 25.7 Å². The third-order valence-corrected chi connectivity index (χ3v) is 5.80. The van der Waals surface area contributed by atoms with Crippen LogP contribution in [0.3, 0.4) is 0 Å². The molecule has 4 nitrogen and oxygen atoms in total. The zero-order valence-electron chi connectivity index (χ0n) is 13.1. The molecule has 2 aliphatic rings. The van der Waals surface area contributed by atoms with Crippen molar-refractivity contribution in [3.8, 4) is 5.75 Å². The van der Waals surface area contributed by atoms with Crippen molar-refractivity contribution in [3.05, 3.63) is 27.7 Å².